The first-order valence-corrected chi connectivity index (χ1v) is 20.4. The van der Waals surface area contributed by atoms with Crippen molar-refractivity contribution in [2.45, 2.75) is 90.6 Å². The largest absolute Gasteiger partial charge is 0.493 e. The van der Waals surface area contributed by atoms with E-state index in [-0.39, 0.29) is 25.3 Å². The van der Waals surface area contributed by atoms with Gasteiger partial charge >= 0.3 is 6.09 Å². The average Bonchev–Trinajstić information content (AvgIpc) is 3.90. The molecular formula is C41H53N5O9S. The van der Waals surface area contributed by atoms with Gasteiger partial charge in [0.15, 0.2) is 0 Å². The molecule has 15 heteroatoms. The lowest BCUT2D eigenvalue weighted by atomic mass is 9.85. The molecule has 5 rings (SSSR count). The van der Waals surface area contributed by atoms with Crippen LogP contribution in [0, 0.1) is 16.7 Å². The van der Waals surface area contributed by atoms with Gasteiger partial charge in [-0.05, 0) is 66.3 Å². The lowest BCUT2D eigenvalue weighted by molar-refractivity contribution is -0.142. The number of para-hydroxylation sites is 1. The molecule has 4 atom stereocenters. The SMILES string of the molecule is C=C[C@H](C)C(NC(=O)[C@@H]1CCCN1C(=O)[C@@H](NC(=O)OCC(C)(C)COc1cccc(-c2cc3ccccc3[nH]c2=O)c1)C(C)(C)C)C(=O)NS(=O)(=O)C1CC1. The maximum absolute atomic E-state index is 14.1. The van der Waals surface area contributed by atoms with Crippen LogP contribution in [-0.2, 0) is 29.1 Å². The van der Waals surface area contributed by atoms with E-state index in [0.29, 0.717) is 42.6 Å². The zero-order chi connectivity index (χ0) is 41.0. The number of nitrogens with one attached hydrogen (secondary N) is 4. The van der Waals surface area contributed by atoms with Crippen molar-refractivity contribution in [2.24, 2.45) is 16.7 Å². The lowest BCUT2D eigenvalue weighted by Gasteiger charge is -2.35. The van der Waals surface area contributed by atoms with Crippen LogP contribution in [0.25, 0.3) is 22.0 Å². The number of alkyl carbamates (subject to hydrolysis) is 1. The van der Waals surface area contributed by atoms with Gasteiger partial charge in [-0.1, -0.05) is 78.0 Å². The predicted molar refractivity (Wildman–Crippen MR) is 213 cm³/mol. The van der Waals surface area contributed by atoms with Gasteiger partial charge in [0.2, 0.25) is 21.8 Å². The van der Waals surface area contributed by atoms with Gasteiger partial charge in [0.25, 0.3) is 11.5 Å². The van der Waals surface area contributed by atoms with Crippen LogP contribution < -0.4 is 25.7 Å². The van der Waals surface area contributed by atoms with E-state index in [4.69, 9.17) is 9.47 Å². The Morgan fingerprint density at radius 2 is 1.70 bits per heavy atom. The number of fused-ring (bicyclic) bond motifs is 1. The normalized spacial score (nSPS) is 17.7. The number of rotatable bonds is 15. The van der Waals surface area contributed by atoms with E-state index in [9.17, 15) is 32.4 Å². The van der Waals surface area contributed by atoms with Crippen molar-refractivity contribution in [1.82, 2.24) is 25.2 Å². The monoisotopic (exact) mass is 791 g/mol. The van der Waals surface area contributed by atoms with Crippen molar-refractivity contribution < 1.29 is 37.1 Å². The summed E-state index contributed by atoms with van der Waals surface area (Å²) in [7, 11) is -3.86. The Bertz CT molecular complexity index is 2140. The minimum Gasteiger partial charge on any atom is -0.493 e. The molecule has 4 N–H and O–H groups in total. The summed E-state index contributed by atoms with van der Waals surface area (Å²) in [5.41, 5.74) is 0.286. The molecule has 1 aromatic heterocycles. The molecule has 2 aromatic carbocycles. The number of benzene rings is 2. The van der Waals surface area contributed by atoms with Crippen molar-refractivity contribution in [3.05, 3.63) is 77.6 Å². The number of amides is 4. The van der Waals surface area contributed by atoms with E-state index < -0.39 is 74.0 Å². The van der Waals surface area contributed by atoms with Crippen LogP contribution in [0.15, 0.2) is 72.0 Å². The highest BCUT2D eigenvalue weighted by Crippen LogP contribution is 2.29. The summed E-state index contributed by atoms with van der Waals surface area (Å²) in [6.45, 7) is 14.8. The third kappa shape index (κ3) is 10.4. The Balaban J connectivity index is 1.18. The Hall–Kier alpha value is -5.18. The minimum absolute atomic E-state index is 0.0515. The second-order valence-electron chi connectivity index (χ2n) is 16.6. The van der Waals surface area contributed by atoms with Gasteiger partial charge in [-0.2, -0.15) is 0 Å². The topological polar surface area (TPSA) is 193 Å². The Labute approximate surface area is 327 Å². The van der Waals surface area contributed by atoms with E-state index in [0.717, 1.165) is 10.9 Å². The number of hydrogen-bond donors (Lipinski definition) is 4. The van der Waals surface area contributed by atoms with E-state index >= 15 is 0 Å². The van der Waals surface area contributed by atoms with Crippen LogP contribution in [-0.4, -0.2) is 85.3 Å². The maximum atomic E-state index is 14.1. The van der Waals surface area contributed by atoms with Crippen LogP contribution in [0.5, 0.6) is 5.75 Å². The second kappa shape index (κ2) is 16.9. The average molecular weight is 792 g/mol. The molecule has 1 saturated carbocycles. The summed E-state index contributed by atoms with van der Waals surface area (Å²) in [6, 6.07) is 13.3. The standard InChI is InChI=1S/C41H53N5O9S/c1-8-25(2)33(37(49)45-56(52,53)29-18-19-29)43-36(48)32-17-12-20-46(32)38(50)34(40(3,4)5)44-39(51)55-24-41(6,7)23-54-28-15-11-14-26(21-28)30-22-27-13-9-10-16-31(27)42-35(30)47/h8-11,13-16,21-22,25,29,32-34H,1,12,17-20,23-24H2,2-7H3,(H,42,47)(H,43,48)(H,44,51)(H,45,49)/t25-,32-,33?,34+/m0/s1. The second-order valence-corrected chi connectivity index (χ2v) is 18.5. The molecule has 1 aliphatic carbocycles. The quantitative estimate of drug-likeness (QED) is 0.159. The molecular weight excluding hydrogens is 739 g/mol. The first-order valence-electron chi connectivity index (χ1n) is 18.9. The number of hydrogen-bond acceptors (Lipinski definition) is 9. The number of H-pyrrole nitrogens is 1. The van der Waals surface area contributed by atoms with E-state index in [1.165, 1.54) is 11.0 Å². The molecule has 0 spiro atoms. The molecule has 0 bridgehead atoms. The molecule has 2 aliphatic rings. The molecule has 4 amide bonds. The Kier molecular flexibility index (Phi) is 12.7. The van der Waals surface area contributed by atoms with Gasteiger partial charge in [-0.15, -0.1) is 6.58 Å². The smallest absolute Gasteiger partial charge is 0.407 e. The van der Waals surface area contributed by atoms with Gasteiger partial charge in [-0.3, -0.25) is 23.9 Å². The van der Waals surface area contributed by atoms with Crippen molar-refractivity contribution >= 4 is 44.7 Å². The zero-order valence-corrected chi connectivity index (χ0v) is 33.7. The van der Waals surface area contributed by atoms with E-state index in [1.54, 1.807) is 45.9 Å². The molecule has 3 aromatic rings. The highest BCUT2D eigenvalue weighted by atomic mass is 32.2. The van der Waals surface area contributed by atoms with Crippen LogP contribution in [0.4, 0.5) is 4.79 Å². The molecule has 2 heterocycles. The molecule has 2 fully saturated rings. The summed E-state index contributed by atoms with van der Waals surface area (Å²) in [6.07, 6.45) is 2.37. The van der Waals surface area contributed by atoms with Crippen molar-refractivity contribution in [3.8, 4) is 16.9 Å². The summed E-state index contributed by atoms with van der Waals surface area (Å²) in [5.74, 6) is -2.05. The molecule has 1 unspecified atom stereocenters. The summed E-state index contributed by atoms with van der Waals surface area (Å²) in [5, 5.41) is 5.64. The first-order chi connectivity index (χ1) is 26.3. The number of aromatic amines is 1. The fraction of sp³-hybridized carbons (Fsp3) is 0.488. The number of carbonyl (C=O) groups is 4. The van der Waals surface area contributed by atoms with Crippen LogP contribution in [0.3, 0.4) is 0 Å². The Morgan fingerprint density at radius 3 is 2.38 bits per heavy atom. The van der Waals surface area contributed by atoms with Crippen LogP contribution in [0.2, 0.25) is 0 Å². The van der Waals surface area contributed by atoms with Gasteiger partial charge < -0.3 is 30.0 Å². The third-order valence-electron chi connectivity index (χ3n) is 10.0. The molecule has 14 nitrogen and oxygen atoms in total. The van der Waals surface area contributed by atoms with E-state index in [2.05, 4.69) is 26.9 Å². The van der Waals surface area contributed by atoms with Gasteiger partial charge in [0.05, 0.1) is 11.9 Å². The zero-order valence-electron chi connectivity index (χ0n) is 32.8. The molecule has 1 saturated heterocycles. The van der Waals surface area contributed by atoms with Crippen LogP contribution in [0.1, 0.15) is 67.2 Å². The van der Waals surface area contributed by atoms with Crippen molar-refractivity contribution in [3.63, 3.8) is 0 Å². The highest BCUT2D eigenvalue weighted by Gasteiger charge is 2.44. The number of sulfonamides is 1. The fourth-order valence-electron chi connectivity index (χ4n) is 6.46. The predicted octanol–water partition coefficient (Wildman–Crippen LogP) is 4.65. The molecule has 56 heavy (non-hydrogen) atoms. The van der Waals surface area contributed by atoms with Gasteiger partial charge in [0.1, 0.15) is 30.5 Å². The summed E-state index contributed by atoms with van der Waals surface area (Å²) in [4.78, 5) is 71.1. The number of pyridine rings is 1. The van der Waals surface area contributed by atoms with Gasteiger partial charge in [0, 0.05) is 29.0 Å². The number of aromatic nitrogens is 1. The summed E-state index contributed by atoms with van der Waals surface area (Å²) < 4.78 is 38.7. The third-order valence-corrected chi connectivity index (χ3v) is 11.9. The van der Waals surface area contributed by atoms with Gasteiger partial charge in [-0.25, -0.2) is 13.2 Å². The van der Waals surface area contributed by atoms with Crippen LogP contribution >= 0.6 is 0 Å². The number of likely N-dealkylation sites (tertiary alicyclic amines) is 1. The molecule has 0 radical (unpaired) electrons. The number of nitrogens with zero attached hydrogens (tertiary/aromatic N) is 1. The maximum Gasteiger partial charge on any atom is 0.407 e. The highest BCUT2D eigenvalue weighted by molar-refractivity contribution is 7.90. The minimum atomic E-state index is -3.86. The fourth-order valence-corrected chi connectivity index (χ4v) is 7.79. The van der Waals surface area contributed by atoms with Crippen molar-refractivity contribution in [2.75, 3.05) is 19.8 Å². The number of carbonyl (C=O) groups excluding carboxylic acids is 4. The number of ether oxygens (including phenoxy) is 2. The van der Waals surface area contributed by atoms with Crippen molar-refractivity contribution in [1.29, 1.82) is 0 Å². The first kappa shape index (κ1) is 42.0. The van der Waals surface area contributed by atoms with E-state index in [1.807, 2.05) is 50.2 Å². The molecule has 1 aliphatic heterocycles. The molecule has 302 valence electrons. The summed E-state index contributed by atoms with van der Waals surface area (Å²) >= 11 is 0. The Morgan fingerprint density at radius 1 is 0.982 bits per heavy atom. The lowest BCUT2D eigenvalue weighted by Crippen LogP contribution is -2.60.